The first-order chi connectivity index (χ1) is 22.1. The van der Waals surface area contributed by atoms with Crippen LogP contribution >= 0.6 is 0 Å². The number of Topliss-reactive ketones (excluding diaryl/α,β-unsaturated/α-hetero) is 1. The largest absolute Gasteiger partial charge is 0.462 e. The summed E-state index contributed by atoms with van der Waals surface area (Å²) in [6.45, 7) is 21.4. The molecule has 0 amide bonds. The number of carbonyl (C=O) groups excluding carboxylic acids is 2. The lowest BCUT2D eigenvalue weighted by Crippen LogP contribution is -2.48. The van der Waals surface area contributed by atoms with E-state index >= 15 is 0 Å². The maximum atomic E-state index is 13.1. The zero-order valence-corrected chi connectivity index (χ0v) is 31.1. The van der Waals surface area contributed by atoms with Crippen molar-refractivity contribution in [2.45, 2.75) is 137 Å². The summed E-state index contributed by atoms with van der Waals surface area (Å²) in [5.74, 6) is -0.244. The van der Waals surface area contributed by atoms with E-state index in [9.17, 15) is 19.8 Å². The summed E-state index contributed by atoms with van der Waals surface area (Å²) in [6.07, 6.45) is 23.6. The fraction of sp³-hybridized carbons (Fsp3) is 0.548. The summed E-state index contributed by atoms with van der Waals surface area (Å²) in [7, 11) is 0. The molecule has 1 aliphatic heterocycles. The van der Waals surface area contributed by atoms with Crippen molar-refractivity contribution in [1.29, 1.82) is 0 Å². The minimum Gasteiger partial charge on any atom is -0.462 e. The molecule has 3 fully saturated rings. The minimum atomic E-state index is -1.11. The first-order valence-electron chi connectivity index (χ1n) is 17.1. The van der Waals surface area contributed by atoms with Gasteiger partial charge in [0.15, 0.2) is 5.78 Å². The van der Waals surface area contributed by atoms with Crippen LogP contribution in [0.5, 0.6) is 0 Å². The number of rotatable bonds is 11. The Balaban J connectivity index is 1.54. The van der Waals surface area contributed by atoms with Crippen molar-refractivity contribution in [2.24, 2.45) is 10.8 Å². The zero-order chi connectivity index (χ0) is 36.1. The van der Waals surface area contributed by atoms with Crippen LogP contribution in [0.1, 0.15) is 108 Å². The third-order valence-corrected chi connectivity index (χ3v) is 10.1. The van der Waals surface area contributed by atoms with Crippen molar-refractivity contribution in [3.05, 3.63) is 100 Å². The van der Waals surface area contributed by atoms with Crippen molar-refractivity contribution in [1.82, 2.24) is 0 Å². The number of allylic oxidation sites excluding steroid dienone is 14. The van der Waals surface area contributed by atoms with Crippen molar-refractivity contribution in [2.75, 3.05) is 0 Å². The maximum Gasteiger partial charge on any atom is 0.302 e. The normalized spacial score (nSPS) is 32.4. The second-order valence-electron chi connectivity index (χ2n) is 15.9. The quantitative estimate of drug-likeness (QED) is 0.0758. The van der Waals surface area contributed by atoms with Gasteiger partial charge in [0.2, 0.25) is 0 Å². The van der Waals surface area contributed by atoms with Crippen LogP contribution in [0.15, 0.2) is 100 Å². The van der Waals surface area contributed by atoms with Crippen LogP contribution in [0.2, 0.25) is 0 Å². The molecule has 0 spiro atoms. The fourth-order valence-electron chi connectivity index (χ4n) is 7.76. The third kappa shape index (κ3) is 9.66. The number of carbonyl (C=O) groups is 2. The predicted octanol–water partition coefficient (Wildman–Crippen LogP) is 8.69. The highest BCUT2D eigenvalue weighted by molar-refractivity contribution is 5.96. The molecule has 0 aromatic rings. The van der Waals surface area contributed by atoms with Crippen molar-refractivity contribution >= 4 is 11.8 Å². The molecule has 0 bridgehead atoms. The lowest BCUT2D eigenvalue weighted by Gasteiger charge is -2.44. The Labute approximate surface area is 289 Å². The molecule has 1 heterocycles. The second-order valence-corrected chi connectivity index (χ2v) is 15.9. The van der Waals surface area contributed by atoms with Gasteiger partial charge in [0, 0.05) is 31.8 Å². The molecule has 48 heavy (non-hydrogen) atoms. The van der Waals surface area contributed by atoms with E-state index in [1.807, 2.05) is 115 Å². The van der Waals surface area contributed by atoms with Gasteiger partial charge in [-0.15, -0.1) is 5.73 Å². The summed E-state index contributed by atoms with van der Waals surface area (Å²) in [4.78, 5) is 24.5. The Morgan fingerprint density at radius 1 is 0.812 bits per heavy atom. The molecular weight excluding hydrogens is 600 g/mol. The van der Waals surface area contributed by atoms with Gasteiger partial charge in [0.05, 0.1) is 17.3 Å². The molecular formula is C42H58O6. The minimum absolute atomic E-state index is 0.0816. The van der Waals surface area contributed by atoms with E-state index in [1.54, 1.807) is 6.92 Å². The molecule has 3 aliphatic rings. The van der Waals surface area contributed by atoms with E-state index in [1.165, 1.54) is 6.92 Å². The number of ether oxygens (including phenoxy) is 2. The Morgan fingerprint density at radius 3 is 1.92 bits per heavy atom. The Morgan fingerprint density at radius 2 is 1.38 bits per heavy atom. The summed E-state index contributed by atoms with van der Waals surface area (Å²) in [5.41, 5.74) is 5.35. The molecule has 2 aliphatic carbocycles. The molecule has 5 atom stereocenters. The molecule has 0 radical (unpaired) electrons. The first-order valence-corrected chi connectivity index (χ1v) is 17.1. The van der Waals surface area contributed by atoms with Crippen LogP contribution in [0.4, 0.5) is 0 Å². The van der Waals surface area contributed by atoms with Crippen LogP contribution in [-0.2, 0) is 19.1 Å². The number of fused-ring (bicyclic) bond motifs is 1. The lowest BCUT2D eigenvalue weighted by atomic mass is 9.61. The second kappa shape index (κ2) is 15.1. The molecule has 0 unspecified atom stereocenters. The molecule has 3 rings (SSSR count). The fourth-order valence-corrected chi connectivity index (χ4v) is 7.76. The molecule has 0 aromatic carbocycles. The highest BCUT2D eigenvalue weighted by atomic mass is 16.6. The molecule has 1 saturated heterocycles. The Kier molecular flexibility index (Phi) is 12.3. The number of ketones is 1. The summed E-state index contributed by atoms with van der Waals surface area (Å²) >= 11 is 0. The summed E-state index contributed by atoms with van der Waals surface area (Å²) < 4.78 is 11.6. The Hall–Kier alpha value is -3.28. The van der Waals surface area contributed by atoms with Gasteiger partial charge in [-0.3, -0.25) is 9.59 Å². The number of hydrogen-bond donors (Lipinski definition) is 2. The number of aliphatic hydroxyl groups excluding tert-OH is 1. The summed E-state index contributed by atoms with van der Waals surface area (Å²) in [5, 5.41) is 21.4. The third-order valence-electron chi connectivity index (χ3n) is 10.1. The zero-order valence-electron chi connectivity index (χ0n) is 31.1. The Bertz CT molecular complexity index is 1510. The molecule has 0 aromatic heterocycles. The van der Waals surface area contributed by atoms with Gasteiger partial charge in [0.1, 0.15) is 11.7 Å². The van der Waals surface area contributed by atoms with Gasteiger partial charge >= 0.3 is 5.97 Å². The smallest absolute Gasteiger partial charge is 0.302 e. The van der Waals surface area contributed by atoms with Gasteiger partial charge in [-0.2, -0.15) is 0 Å². The number of hydrogen-bond acceptors (Lipinski definition) is 6. The molecule has 6 nitrogen and oxygen atoms in total. The number of esters is 1. The SMILES string of the molecule is CC(=O)O[C@H]1CC(C)(C)C(=C=CC(C)=CC=CC(C)=CC=CC=C(C)C=CC=C(C)C(=O)C[C@]23O[C@@]2(C)C[C@H](O)CC3(C)C)[C@](C)(O)C1. The van der Waals surface area contributed by atoms with Crippen LogP contribution in [-0.4, -0.2) is 51.0 Å². The van der Waals surface area contributed by atoms with E-state index in [-0.39, 0.29) is 34.8 Å². The standard InChI is InChI=1S/C42H58O6/c1-29(18-14-19-31(3)22-23-37-38(6,7)26-35(47-33(5)43)27-40(37,10)46)16-12-13-17-30(2)20-15-21-32(4)36(45)28-42-39(8,9)24-34(44)25-41(42,11)48-42/h12-22,34-35,44,46H,24-28H2,1-11H3/t23?,34-,35+,40-,41+,42-/m1/s1. The first kappa shape index (κ1) is 39.2. The van der Waals surface area contributed by atoms with E-state index in [4.69, 9.17) is 9.47 Å². The van der Waals surface area contributed by atoms with Crippen LogP contribution in [0.3, 0.4) is 0 Å². The summed E-state index contributed by atoms with van der Waals surface area (Å²) in [6, 6.07) is 0. The average Bonchev–Trinajstić information content (AvgIpc) is 3.53. The van der Waals surface area contributed by atoms with E-state index < -0.39 is 16.8 Å². The van der Waals surface area contributed by atoms with Crippen LogP contribution in [0.25, 0.3) is 0 Å². The molecule has 2 N–H and O–H groups in total. The van der Waals surface area contributed by atoms with Gasteiger partial charge in [-0.1, -0.05) is 99.6 Å². The predicted molar refractivity (Wildman–Crippen MR) is 194 cm³/mol. The van der Waals surface area contributed by atoms with Crippen LogP contribution in [0, 0.1) is 10.8 Å². The molecule has 2 saturated carbocycles. The van der Waals surface area contributed by atoms with E-state index in [0.29, 0.717) is 37.7 Å². The van der Waals surface area contributed by atoms with Gasteiger partial charge in [-0.25, -0.2) is 0 Å². The lowest BCUT2D eigenvalue weighted by molar-refractivity contribution is -0.152. The van der Waals surface area contributed by atoms with Crippen molar-refractivity contribution < 1.29 is 29.3 Å². The topological polar surface area (TPSA) is 96.4 Å². The highest BCUT2D eigenvalue weighted by Gasteiger charge is 2.76. The highest BCUT2D eigenvalue weighted by Crippen LogP contribution is 2.67. The van der Waals surface area contributed by atoms with Gasteiger partial charge in [0.25, 0.3) is 0 Å². The van der Waals surface area contributed by atoms with Crippen molar-refractivity contribution in [3.63, 3.8) is 0 Å². The van der Waals surface area contributed by atoms with E-state index in [0.717, 1.165) is 22.3 Å². The number of epoxide rings is 1. The van der Waals surface area contributed by atoms with Gasteiger partial charge in [-0.05, 0) is 82.4 Å². The monoisotopic (exact) mass is 658 g/mol. The van der Waals surface area contributed by atoms with Crippen LogP contribution < -0.4 is 0 Å². The molecule has 262 valence electrons. The number of aliphatic hydroxyl groups is 2. The average molecular weight is 659 g/mol. The maximum absolute atomic E-state index is 13.1. The van der Waals surface area contributed by atoms with Gasteiger partial charge < -0.3 is 19.7 Å². The van der Waals surface area contributed by atoms with Crippen molar-refractivity contribution in [3.8, 4) is 0 Å². The van der Waals surface area contributed by atoms with E-state index in [2.05, 4.69) is 19.6 Å². The molecule has 6 heteroatoms.